The summed E-state index contributed by atoms with van der Waals surface area (Å²) in [5.74, 6) is 0. The van der Waals surface area contributed by atoms with E-state index < -0.39 is 16.3 Å². The number of amides is 1. The molecule has 0 aliphatic carbocycles. The Hall–Kier alpha value is -0.860. The predicted octanol–water partition coefficient (Wildman–Crippen LogP) is 1.17. The Balaban J connectivity index is 2.60. The van der Waals surface area contributed by atoms with Gasteiger partial charge in [-0.15, -0.1) is 0 Å². The van der Waals surface area contributed by atoms with Gasteiger partial charge >= 0.3 is 6.09 Å². The van der Waals surface area contributed by atoms with Crippen molar-refractivity contribution >= 4 is 16.3 Å². The van der Waals surface area contributed by atoms with Gasteiger partial charge in [-0.1, -0.05) is 13.3 Å². The maximum absolute atomic E-state index is 12.5. The van der Waals surface area contributed by atoms with Gasteiger partial charge < -0.3 is 10.1 Å². The second-order valence-electron chi connectivity index (χ2n) is 5.24. The van der Waals surface area contributed by atoms with E-state index in [4.69, 9.17) is 4.74 Å². The summed E-state index contributed by atoms with van der Waals surface area (Å²) in [7, 11) is -1.84. The van der Waals surface area contributed by atoms with Gasteiger partial charge in [-0.25, -0.2) is 4.79 Å². The number of hydrogen-bond acceptors (Lipinski definition) is 4. The molecule has 1 amide bonds. The van der Waals surface area contributed by atoms with Gasteiger partial charge in [0.15, 0.2) is 0 Å². The molecule has 124 valence electrons. The molecule has 21 heavy (non-hydrogen) atoms. The van der Waals surface area contributed by atoms with Crippen LogP contribution in [-0.2, 0) is 14.9 Å². The second-order valence-corrected chi connectivity index (χ2v) is 7.28. The zero-order valence-corrected chi connectivity index (χ0v) is 14.0. The van der Waals surface area contributed by atoms with E-state index in [0.29, 0.717) is 26.2 Å². The normalized spacial score (nSPS) is 20.5. The molecule has 1 atom stereocenters. The average molecular weight is 321 g/mol. The van der Waals surface area contributed by atoms with Crippen LogP contribution in [0.2, 0.25) is 0 Å². The number of nitrogens with one attached hydrogen (secondary N) is 1. The summed E-state index contributed by atoms with van der Waals surface area (Å²) in [6.45, 7) is 5.39. The Morgan fingerprint density at radius 1 is 1.43 bits per heavy atom. The van der Waals surface area contributed by atoms with Crippen LogP contribution >= 0.6 is 0 Å². The van der Waals surface area contributed by atoms with Crippen LogP contribution in [0.3, 0.4) is 0 Å². The molecule has 0 saturated carbocycles. The second kappa shape index (κ2) is 8.55. The highest BCUT2D eigenvalue weighted by Gasteiger charge is 2.32. The van der Waals surface area contributed by atoms with Crippen LogP contribution < -0.4 is 5.32 Å². The first-order valence-corrected chi connectivity index (χ1v) is 8.96. The molecule has 1 aliphatic rings. The molecule has 1 heterocycles. The number of ether oxygens (including phenoxy) is 1. The van der Waals surface area contributed by atoms with Gasteiger partial charge in [0.25, 0.3) is 10.2 Å². The smallest absolute Gasteiger partial charge is 0.407 e. The van der Waals surface area contributed by atoms with Crippen LogP contribution in [0.15, 0.2) is 0 Å². The van der Waals surface area contributed by atoms with Crippen molar-refractivity contribution in [2.45, 2.75) is 45.6 Å². The van der Waals surface area contributed by atoms with Crippen molar-refractivity contribution in [3.8, 4) is 0 Å². The zero-order chi connectivity index (χ0) is 15.9. The average Bonchev–Trinajstić information content (AvgIpc) is 2.45. The van der Waals surface area contributed by atoms with E-state index in [9.17, 15) is 13.2 Å². The van der Waals surface area contributed by atoms with E-state index >= 15 is 0 Å². The van der Waals surface area contributed by atoms with Crippen LogP contribution in [0.25, 0.3) is 0 Å². The van der Waals surface area contributed by atoms with Crippen molar-refractivity contribution in [3.63, 3.8) is 0 Å². The maximum Gasteiger partial charge on any atom is 0.407 e. The molecule has 8 heteroatoms. The summed E-state index contributed by atoms with van der Waals surface area (Å²) in [4.78, 5) is 11.4. The van der Waals surface area contributed by atoms with Gasteiger partial charge in [0.1, 0.15) is 0 Å². The Morgan fingerprint density at radius 2 is 2.14 bits per heavy atom. The predicted molar refractivity (Wildman–Crippen MR) is 81.2 cm³/mol. The molecule has 0 aromatic rings. The van der Waals surface area contributed by atoms with E-state index in [2.05, 4.69) is 5.32 Å². The SMILES string of the molecule is CCCCN(C)S(=O)(=O)N1CCC[C@H](NC(=O)OCC)C1. The molecule has 1 aliphatic heterocycles. The molecular formula is C13H27N3O4S. The van der Waals surface area contributed by atoms with E-state index in [1.807, 2.05) is 6.92 Å². The number of alkyl carbamates (subject to hydrolysis) is 1. The lowest BCUT2D eigenvalue weighted by Crippen LogP contribution is -2.52. The Kier molecular flexibility index (Phi) is 7.41. The molecule has 0 aromatic heterocycles. The van der Waals surface area contributed by atoms with E-state index in [1.165, 1.54) is 8.61 Å². The first-order chi connectivity index (χ1) is 9.91. The van der Waals surface area contributed by atoms with Crippen LogP contribution in [0, 0.1) is 0 Å². The fourth-order valence-electron chi connectivity index (χ4n) is 2.30. The molecule has 0 radical (unpaired) electrons. The molecule has 0 spiro atoms. The lowest BCUT2D eigenvalue weighted by Gasteiger charge is -2.34. The fraction of sp³-hybridized carbons (Fsp3) is 0.923. The van der Waals surface area contributed by atoms with Crippen molar-refractivity contribution in [1.82, 2.24) is 13.9 Å². The molecule has 0 unspecified atom stereocenters. The minimum absolute atomic E-state index is 0.188. The standard InChI is InChI=1S/C13H27N3O4S/c1-4-6-9-15(3)21(18,19)16-10-7-8-12(11-16)14-13(17)20-5-2/h12H,4-11H2,1-3H3,(H,14,17)/t12-/m0/s1. The Morgan fingerprint density at radius 3 is 2.76 bits per heavy atom. The molecular weight excluding hydrogens is 294 g/mol. The van der Waals surface area contributed by atoms with Crippen molar-refractivity contribution in [2.75, 3.05) is 33.3 Å². The quantitative estimate of drug-likeness (QED) is 0.763. The number of carbonyl (C=O) groups is 1. The van der Waals surface area contributed by atoms with Crippen molar-refractivity contribution in [1.29, 1.82) is 0 Å². The molecule has 1 rings (SSSR count). The lowest BCUT2D eigenvalue weighted by molar-refractivity contribution is 0.142. The summed E-state index contributed by atoms with van der Waals surface area (Å²) in [5.41, 5.74) is 0. The Labute approximate surface area is 127 Å². The molecule has 0 bridgehead atoms. The fourth-order valence-corrected chi connectivity index (χ4v) is 3.78. The highest BCUT2D eigenvalue weighted by molar-refractivity contribution is 7.86. The molecule has 1 N–H and O–H groups in total. The molecule has 0 aromatic carbocycles. The summed E-state index contributed by atoms with van der Waals surface area (Å²) >= 11 is 0. The monoisotopic (exact) mass is 321 g/mol. The van der Waals surface area contributed by atoms with Crippen LogP contribution in [0.5, 0.6) is 0 Å². The molecule has 1 saturated heterocycles. The maximum atomic E-state index is 12.5. The minimum Gasteiger partial charge on any atom is -0.450 e. The largest absolute Gasteiger partial charge is 0.450 e. The Bertz CT molecular complexity index is 427. The van der Waals surface area contributed by atoms with E-state index in [0.717, 1.165) is 25.7 Å². The van der Waals surface area contributed by atoms with E-state index in [-0.39, 0.29) is 6.04 Å². The summed E-state index contributed by atoms with van der Waals surface area (Å²) in [6.07, 6.45) is 2.81. The number of hydrogen-bond donors (Lipinski definition) is 1. The van der Waals surface area contributed by atoms with Gasteiger partial charge in [-0.3, -0.25) is 0 Å². The molecule has 1 fully saturated rings. The third kappa shape index (κ3) is 5.44. The lowest BCUT2D eigenvalue weighted by atomic mass is 10.1. The summed E-state index contributed by atoms with van der Waals surface area (Å²) < 4.78 is 32.6. The van der Waals surface area contributed by atoms with Crippen molar-refractivity contribution < 1.29 is 17.9 Å². The minimum atomic E-state index is -3.44. The number of nitrogens with zero attached hydrogens (tertiary/aromatic N) is 2. The van der Waals surface area contributed by atoms with Crippen molar-refractivity contribution in [2.24, 2.45) is 0 Å². The highest BCUT2D eigenvalue weighted by atomic mass is 32.2. The van der Waals surface area contributed by atoms with E-state index in [1.54, 1.807) is 14.0 Å². The van der Waals surface area contributed by atoms with Gasteiger partial charge in [0.05, 0.1) is 6.61 Å². The topological polar surface area (TPSA) is 79.0 Å². The summed E-state index contributed by atoms with van der Waals surface area (Å²) in [5, 5.41) is 2.72. The van der Waals surface area contributed by atoms with Gasteiger partial charge in [0, 0.05) is 32.7 Å². The highest BCUT2D eigenvalue weighted by Crippen LogP contribution is 2.16. The number of rotatable bonds is 7. The number of carbonyl (C=O) groups excluding carboxylic acids is 1. The van der Waals surface area contributed by atoms with Crippen molar-refractivity contribution in [3.05, 3.63) is 0 Å². The third-order valence-electron chi connectivity index (χ3n) is 3.53. The van der Waals surface area contributed by atoms with Gasteiger partial charge in [-0.2, -0.15) is 17.0 Å². The number of unbranched alkanes of at least 4 members (excludes halogenated alkanes) is 1. The first-order valence-electron chi connectivity index (χ1n) is 7.56. The van der Waals surface area contributed by atoms with Crippen LogP contribution in [-0.4, -0.2) is 62.5 Å². The van der Waals surface area contributed by atoms with Gasteiger partial charge in [-0.05, 0) is 26.2 Å². The summed E-state index contributed by atoms with van der Waals surface area (Å²) in [6, 6.07) is -0.188. The zero-order valence-electron chi connectivity index (χ0n) is 13.2. The number of piperidine rings is 1. The first kappa shape index (κ1) is 18.2. The van der Waals surface area contributed by atoms with Crippen LogP contribution in [0.1, 0.15) is 39.5 Å². The third-order valence-corrected chi connectivity index (χ3v) is 5.48. The molecule has 7 nitrogen and oxygen atoms in total. The van der Waals surface area contributed by atoms with Crippen LogP contribution in [0.4, 0.5) is 4.79 Å². The van der Waals surface area contributed by atoms with Gasteiger partial charge in [0.2, 0.25) is 0 Å².